The zero-order chi connectivity index (χ0) is 16.8. The summed E-state index contributed by atoms with van der Waals surface area (Å²) in [6.45, 7) is 1.94. The SMILES string of the molecule is O=C(COc1cccc(Br)c1)N/N=C/c1ccc(N2CCCC2)o1. The standard InChI is InChI=1S/C17H18BrN3O3/c18-13-4-3-5-14(10-13)23-12-16(22)20-19-11-15-6-7-17(24-15)21-8-1-2-9-21/h3-7,10-11H,1-2,8-9,12H2,(H,20,22)/b19-11+. The molecule has 126 valence electrons. The quantitative estimate of drug-likeness (QED) is 0.606. The van der Waals surface area contributed by atoms with Crippen LogP contribution in [-0.4, -0.2) is 31.8 Å². The second kappa shape index (κ2) is 8.01. The largest absolute Gasteiger partial charge is 0.484 e. The van der Waals surface area contributed by atoms with Crippen molar-refractivity contribution in [3.8, 4) is 5.75 Å². The smallest absolute Gasteiger partial charge is 0.277 e. The molecule has 1 N–H and O–H groups in total. The first-order valence-electron chi connectivity index (χ1n) is 7.76. The highest BCUT2D eigenvalue weighted by Crippen LogP contribution is 2.22. The molecule has 1 amide bonds. The summed E-state index contributed by atoms with van der Waals surface area (Å²) < 4.78 is 12.0. The molecule has 0 spiro atoms. The van der Waals surface area contributed by atoms with Crippen LogP contribution in [0, 0.1) is 0 Å². The van der Waals surface area contributed by atoms with E-state index >= 15 is 0 Å². The van der Waals surface area contributed by atoms with E-state index in [4.69, 9.17) is 9.15 Å². The lowest BCUT2D eigenvalue weighted by Crippen LogP contribution is -2.24. The summed E-state index contributed by atoms with van der Waals surface area (Å²) in [4.78, 5) is 13.9. The monoisotopic (exact) mass is 391 g/mol. The van der Waals surface area contributed by atoms with Crippen molar-refractivity contribution in [3.63, 3.8) is 0 Å². The van der Waals surface area contributed by atoms with E-state index in [9.17, 15) is 4.79 Å². The van der Waals surface area contributed by atoms with Crippen LogP contribution in [0.25, 0.3) is 0 Å². The molecule has 24 heavy (non-hydrogen) atoms. The van der Waals surface area contributed by atoms with Crippen molar-refractivity contribution >= 4 is 33.9 Å². The highest BCUT2D eigenvalue weighted by Gasteiger charge is 2.15. The summed E-state index contributed by atoms with van der Waals surface area (Å²) >= 11 is 3.35. The molecule has 1 aliphatic heterocycles. The Bertz CT molecular complexity index is 723. The van der Waals surface area contributed by atoms with Crippen LogP contribution in [0.3, 0.4) is 0 Å². The first-order valence-corrected chi connectivity index (χ1v) is 8.55. The second-order valence-electron chi connectivity index (χ2n) is 5.41. The zero-order valence-corrected chi connectivity index (χ0v) is 14.7. The van der Waals surface area contributed by atoms with E-state index in [0.29, 0.717) is 11.5 Å². The van der Waals surface area contributed by atoms with Gasteiger partial charge in [-0.2, -0.15) is 5.10 Å². The number of amides is 1. The molecule has 0 bridgehead atoms. The van der Waals surface area contributed by atoms with Crippen molar-refractivity contribution in [1.82, 2.24) is 5.43 Å². The summed E-state index contributed by atoms with van der Waals surface area (Å²) in [6.07, 6.45) is 3.87. The van der Waals surface area contributed by atoms with Crippen LogP contribution in [0.2, 0.25) is 0 Å². The Balaban J connectivity index is 1.44. The number of hydrogen-bond acceptors (Lipinski definition) is 5. The van der Waals surface area contributed by atoms with Crippen LogP contribution >= 0.6 is 15.9 Å². The number of nitrogens with one attached hydrogen (secondary N) is 1. The number of halogens is 1. The van der Waals surface area contributed by atoms with E-state index in [0.717, 1.165) is 23.4 Å². The van der Waals surface area contributed by atoms with Crippen molar-refractivity contribution in [1.29, 1.82) is 0 Å². The third kappa shape index (κ3) is 4.61. The molecule has 0 unspecified atom stereocenters. The van der Waals surface area contributed by atoms with Gasteiger partial charge in [0.05, 0.1) is 6.21 Å². The van der Waals surface area contributed by atoms with Crippen molar-refractivity contribution in [2.45, 2.75) is 12.8 Å². The molecule has 0 atom stereocenters. The van der Waals surface area contributed by atoms with Gasteiger partial charge in [0.1, 0.15) is 11.5 Å². The Labute approximate surface area is 148 Å². The predicted molar refractivity (Wildman–Crippen MR) is 95.5 cm³/mol. The van der Waals surface area contributed by atoms with Crippen LogP contribution in [0.15, 0.2) is 50.4 Å². The summed E-state index contributed by atoms with van der Waals surface area (Å²) in [5.41, 5.74) is 2.41. The molecule has 2 heterocycles. The molecule has 0 saturated carbocycles. The maximum Gasteiger partial charge on any atom is 0.277 e. The maximum atomic E-state index is 11.7. The normalized spacial score (nSPS) is 14.3. The van der Waals surface area contributed by atoms with Gasteiger partial charge in [-0.05, 0) is 37.1 Å². The number of carbonyl (C=O) groups is 1. The van der Waals surface area contributed by atoms with Crippen molar-refractivity contribution in [3.05, 3.63) is 46.6 Å². The molecular weight excluding hydrogens is 374 g/mol. The number of ether oxygens (including phenoxy) is 1. The molecule has 2 aromatic rings. The summed E-state index contributed by atoms with van der Waals surface area (Å²) in [7, 11) is 0. The molecule has 7 heteroatoms. The van der Waals surface area contributed by atoms with Gasteiger partial charge in [0.25, 0.3) is 5.91 Å². The first-order chi connectivity index (χ1) is 11.7. The number of benzene rings is 1. The topological polar surface area (TPSA) is 67.1 Å². The molecular formula is C17H18BrN3O3. The predicted octanol–water partition coefficient (Wildman–Crippen LogP) is 3.17. The minimum Gasteiger partial charge on any atom is -0.484 e. The molecule has 0 aliphatic carbocycles. The Hall–Kier alpha value is -2.28. The van der Waals surface area contributed by atoms with E-state index in [2.05, 4.69) is 31.4 Å². The van der Waals surface area contributed by atoms with Crippen molar-refractivity contribution < 1.29 is 13.9 Å². The van der Waals surface area contributed by atoms with Crippen LogP contribution in [0.1, 0.15) is 18.6 Å². The fourth-order valence-corrected chi connectivity index (χ4v) is 2.80. The lowest BCUT2D eigenvalue weighted by atomic mass is 10.3. The summed E-state index contributed by atoms with van der Waals surface area (Å²) in [5.74, 6) is 1.73. The number of hydrazone groups is 1. The average molecular weight is 392 g/mol. The van der Waals surface area contributed by atoms with Gasteiger partial charge in [0.2, 0.25) is 0 Å². The minimum atomic E-state index is -0.336. The Kier molecular flexibility index (Phi) is 5.53. The maximum absolute atomic E-state index is 11.7. The van der Waals surface area contributed by atoms with Gasteiger partial charge in [-0.3, -0.25) is 4.79 Å². The van der Waals surface area contributed by atoms with Gasteiger partial charge < -0.3 is 14.1 Å². The fourth-order valence-electron chi connectivity index (χ4n) is 2.42. The molecule has 6 nitrogen and oxygen atoms in total. The van der Waals surface area contributed by atoms with Crippen molar-refractivity contribution in [2.24, 2.45) is 5.10 Å². The van der Waals surface area contributed by atoms with Gasteiger partial charge in [-0.1, -0.05) is 22.0 Å². The zero-order valence-electron chi connectivity index (χ0n) is 13.1. The third-order valence-electron chi connectivity index (χ3n) is 3.58. The summed E-state index contributed by atoms with van der Waals surface area (Å²) in [6, 6.07) is 11.1. The van der Waals surface area contributed by atoms with E-state index in [-0.39, 0.29) is 12.5 Å². The first kappa shape index (κ1) is 16.6. The summed E-state index contributed by atoms with van der Waals surface area (Å²) in [5, 5.41) is 3.89. The van der Waals surface area contributed by atoms with Crippen molar-refractivity contribution in [2.75, 3.05) is 24.6 Å². The van der Waals surface area contributed by atoms with Crippen LogP contribution < -0.4 is 15.1 Å². The van der Waals surface area contributed by atoms with Crippen LogP contribution in [-0.2, 0) is 4.79 Å². The molecule has 1 aliphatic rings. The number of rotatable bonds is 6. The van der Waals surface area contributed by atoms with E-state index < -0.39 is 0 Å². The highest BCUT2D eigenvalue weighted by atomic mass is 79.9. The molecule has 1 fully saturated rings. The molecule has 1 saturated heterocycles. The van der Waals surface area contributed by atoms with Crippen LogP contribution in [0.4, 0.5) is 5.88 Å². The van der Waals surface area contributed by atoms with Gasteiger partial charge in [-0.25, -0.2) is 5.43 Å². The van der Waals surface area contributed by atoms with E-state index in [1.165, 1.54) is 19.1 Å². The average Bonchev–Trinajstić information content (AvgIpc) is 3.24. The number of anilines is 1. The molecule has 3 rings (SSSR count). The fraction of sp³-hybridized carbons (Fsp3) is 0.294. The van der Waals surface area contributed by atoms with Gasteiger partial charge in [0.15, 0.2) is 12.5 Å². The van der Waals surface area contributed by atoms with E-state index in [1.54, 1.807) is 12.1 Å². The van der Waals surface area contributed by atoms with Crippen LogP contribution in [0.5, 0.6) is 5.75 Å². The highest BCUT2D eigenvalue weighted by molar-refractivity contribution is 9.10. The Morgan fingerprint density at radius 3 is 2.96 bits per heavy atom. The molecule has 1 aromatic carbocycles. The minimum absolute atomic E-state index is 0.106. The van der Waals surface area contributed by atoms with Gasteiger partial charge in [-0.15, -0.1) is 0 Å². The Morgan fingerprint density at radius 1 is 1.33 bits per heavy atom. The number of hydrogen-bond donors (Lipinski definition) is 1. The number of nitrogens with zero attached hydrogens (tertiary/aromatic N) is 2. The van der Waals surface area contributed by atoms with E-state index in [1.807, 2.05) is 24.3 Å². The number of carbonyl (C=O) groups excluding carboxylic acids is 1. The van der Waals surface area contributed by atoms with Gasteiger partial charge in [0, 0.05) is 23.6 Å². The van der Waals surface area contributed by atoms with Gasteiger partial charge >= 0.3 is 0 Å². The lowest BCUT2D eigenvalue weighted by molar-refractivity contribution is -0.123. The third-order valence-corrected chi connectivity index (χ3v) is 4.07. The molecule has 0 radical (unpaired) electrons. The number of furan rings is 1. The lowest BCUT2D eigenvalue weighted by Gasteiger charge is -2.12. The molecule has 1 aromatic heterocycles. The second-order valence-corrected chi connectivity index (χ2v) is 6.33. The Morgan fingerprint density at radius 2 is 2.17 bits per heavy atom.